The fourth-order valence-electron chi connectivity index (χ4n) is 4.09. The van der Waals surface area contributed by atoms with Crippen LogP contribution in [0.25, 0.3) is 0 Å². The van der Waals surface area contributed by atoms with E-state index in [-0.39, 0.29) is 48.0 Å². The van der Waals surface area contributed by atoms with Crippen molar-refractivity contribution in [2.45, 2.75) is 44.9 Å². The standard InChI is InChI=1S/C20H31N3O3S.ClH/c1-20(2)15-22(12-10-18(20)21)19(24)17-9-6-11-23(13-17)27(25,26)14-16-7-4-3-5-8-16;/h3-5,7-8,17-18H,6,9-15,21H2,1-2H3;1H. The van der Waals surface area contributed by atoms with Crippen LogP contribution in [-0.4, -0.2) is 55.8 Å². The molecule has 2 unspecified atom stereocenters. The Morgan fingerprint density at radius 3 is 2.50 bits per heavy atom. The van der Waals surface area contributed by atoms with Crippen LogP contribution in [0.2, 0.25) is 0 Å². The summed E-state index contributed by atoms with van der Waals surface area (Å²) >= 11 is 0. The predicted molar refractivity (Wildman–Crippen MR) is 114 cm³/mol. The Labute approximate surface area is 174 Å². The van der Waals surface area contributed by atoms with Crippen LogP contribution in [0.3, 0.4) is 0 Å². The summed E-state index contributed by atoms with van der Waals surface area (Å²) in [5.74, 6) is -0.190. The van der Waals surface area contributed by atoms with Crippen molar-refractivity contribution in [2.24, 2.45) is 17.1 Å². The topological polar surface area (TPSA) is 83.7 Å². The molecule has 2 saturated heterocycles. The lowest BCUT2D eigenvalue weighted by Gasteiger charge is -2.44. The third-order valence-corrected chi connectivity index (χ3v) is 7.76. The zero-order chi connectivity index (χ0) is 19.7. The normalized spacial score (nSPS) is 25.8. The minimum absolute atomic E-state index is 0. The van der Waals surface area contributed by atoms with Gasteiger partial charge in [0.25, 0.3) is 0 Å². The van der Waals surface area contributed by atoms with E-state index in [0.717, 1.165) is 24.8 Å². The van der Waals surface area contributed by atoms with Crippen LogP contribution >= 0.6 is 12.4 Å². The first-order valence-electron chi connectivity index (χ1n) is 9.75. The van der Waals surface area contributed by atoms with E-state index >= 15 is 0 Å². The third-order valence-electron chi connectivity index (χ3n) is 5.94. The fourth-order valence-corrected chi connectivity index (χ4v) is 5.70. The molecule has 2 N–H and O–H groups in total. The maximum Gasteiger partial charge on any atom is 0.227 e. The van der Waals surface area contributed by atoms with Crippen molar-refractivity contribution in [3.05, 3.63) is 35.9 Å². The van der Waals surface area contributed by atoms with E-state index in [4.69, 9.17) is 5.73 Å². The van der Waals surface area contributed by atoms with Gasteiger partial charge in [-0.15, -0.1) is 12.4 Å². The number of amides is 1. The molecule has 2 aliphatic heterocycles. The van der Waals surface area contributed by atoms with Gasteiger partial charge in [0.2, 0.25) is 15.9 Å². The molecule has 0 bridgehead atoms. The highest BCUT2D eigenvalue weighted by atomic mass is 35.5. The summed E-state index contributed by atoms with van der Waals surface area (Å²) in [6.07, 6.45) is 2.27. The Morgan fingerprint density at radius 1 is 1.18 bits per heavy atom. The Morgan fingerprint density at radius 2 is 1.86 bits per heavy atom. The van der Waals surface area contributed by atoms with Gasteiger partial charge in [-0.2, -0.15) is 0 Å². The molecule has 6 nitrogen and oxygen atoms in total. The Balaban J connectivity index is 0.00000280. The first kappa shape index (κ1) is 23.1. The Bertz CT molecular complexity index is 770. The molecule has 28 heavy (non-hydrogen) atoms. The lowest BCUT2D eigenvalue weighted by Crippen LogP contribution is -2.56. The van der Waals surface area contributed by atoms with Crippen molar-refractivity contribution >= 4 is 28.3 Å². The lowest BCUT2D eigenvalue weighted by molar-refractivity contribution is -0.140. The Hall–Kier alpha value is -1.15. The number of piperidine rings is 2. The summed E-state index contributed by atoms with van der Waals surface area (Å²) in [5, 5.41) is 0. The van der Waals surface area contributed by atoms with Crippen molar-refractivity contribution in [1.82, 2.24) is 9.21 Å². The molecule has 2 atom stereocenters. The number of carbonyl (C=O) groups is 1. The summed E-state index contributed by atoms with van der Waals surface area (Å²) in [5.41, 5.74) is 6.85. The minimum Gasteiger partial charge on any atom is -0.342 e. The number of hydrogen-bond acceptors (Lipinski definition) is 4. The molecular weight excluding hydrogens is 398 g/mol. The van der Waals surface area contributed by atoms with Crippen LogP contribution in [-0.2, 0) is 20.6 Å². The summed E-state index contributed by atoms with van der Waals surface area (Å²) in [6, 6.07) is 9.30. The molecule has 2 fully saturated rings. The van der Waals surface area contributed by atoms with E-state index in [1.54, 1.807) is 0 Å². The average Bonchev–Trinajstić information content (AvgIpc) is 2.64. The largest absolute Gasteiger partial charge is 0.342 e. The molecule has 2 heterocycles. The number of carbonyl (C=O) groups excluding carboxylic acids is 1. The lowest BCUT2D eigenvalue weighted by atomic mass is 9.79. The van der Waals surface area contributed by atoms with E-state index in [9.17, 15) is 13.2 Å². The molecule has 0 aliphatic carbocycles. The predicted octanol–water partition coefficient (Wildman–Crippen LogP) is 2.24. The Kier molecular flexibility index (Phi) is 7.53. The molecule has 0 radical (unpaired) electrons. The highest BCUT2D eigenvalue weighted by molar-refractivity contribution is 7.88. The van der Waals surface area contributed by atoms with Crippen molar-refractivity contribution in [2.75, 3.05) is 26.2 Å². The average molecular weight is 430 g/mol. The van der Waals surface area contributed by atoms with E-state index < -0.39 is 10.0 Å². The monoisotopic (exact) mass is 429 g/mol. The van der Waals surface area contributed by atoms with Gasteiger partial charge in [-0.3, -0.25) is 4.79 Å². The van der Waals surface area contributed by atoms with E-state index in [0.29, 0.717) is 19.6 Å². The maximum absolute atomic E-state index is 13.0. The minimum atomic E-state index is -3.42. The highest BCUT2D eigenvalue weighted by Gasteiger charge is 2.39. The second kappa shape index (κ2) is 9.11. The van der Waals surface area contributed by atoms with Gasteiger partial charge in [-0.25, -0.2) is 12.7 Å². The van der Waals surface area contributed by atoms with Gasteiger partial charge in [0, 0.05) is 32.2 Å². The van der Waals surface area contributed by atoms with Crippen LogP contribution in [0.1, 0.15) is 38.7 Å². The first-order valence-corrected chi connectivity index (χ1v) is 11.4. The van der Waals surface area contributed by atoms with Gasteiger partial charge in [-0.05, 0) is 30.2 Å². The number of halogens is 1. The number of rotatable bonds is 4. The molecule has 1 aromatic rings. The van der Waals surface area contributed by atoms with Crippen molar-refractivity contribution in [1.29, 1.82) is 0 Å². The highest BCUT2D eigenvalue weighted by Crippen LogP contribution is 2.30. The van der Waals surface area contributed by atoms with E-state index in [2.05, 4.69) is 13.8 Å². The quantitative estimate of drug-likeness (QED) is 0.795. The molecule has 0 saturated carbocycles. The number of likely N-dealkylation sites (tertiary alicyclic amines) is 1. The fraction of sp³-hybridized carbons (Fsp3) is 0.650. The summed E-state index contributed by atoms with van der Waals surface area (Å²) in [6.45, 7) is 6.27. The van der Waals surface area contributed by atoms with Gasteiger partial charge < -0.3 is 10.6 Å². The SMILES string of the molecule is CC1(C)CN(C(=O)C2CCCN(S(=O)(=O)Cc3ccccc3)C2)CCC1N.Cl. The molecular formula is C20H32ClN3O3S. The van der Waals surface area contributed by atoms with Crippen molar-refractivity contribution < 1.29 is 13.2 Å². The second-order valence-electron chi connectivity index (χ2n) is 8.58. The number of benzene rings is 1. The zero-order valence-corrected chi connectivity index (χ0v) is 18.3. The van der Waals surface area contributed by atoms with Gasteiger partial charge in [0.1, 0.15) is 0 Å². The molecule has 158 valence electrons. The van der Waals surface area contributed by atoms with Crippen LogP contribution in [0.15, 0.2) is 30.3 Å². The summed E-state index contributed by atoms with van der Waals surface area (Å²) < 4.78 is 27.2. The van der Waals surface area contributed by atoms with Gasteiger partial charge in [0.05, 0.1) is 11.7 Å². The van der Waals surface area contributed by atoms with Crippen LogP contribution in [0.4, 0.5) is 0 Å². The van der Waals surface area contributed by atoms with Crippen molar-refractivity contribution in [3.63, 3.8) is 0 Å². The first-order chi connectivity index (χ1) is 12.7. The summed E-state index contributed by atoms with van der Waals surface area (Å²) in [7, 11) is -3.42. The van der Waals surface area contributed by atoms with Gasteiger partial charge >= 0.3 is 0 Å². The smallest absolute Gasteiger partial charge is 0.227 e. The second-order valence-corrected chi connectivity index (χ2v) is 10.6. The van der Waals surface area contributed by atoms with Gasteiger partial charge in [-0.1, -0.05) is 44.2 Å². The number of nitrogens with two attached hydrogens (primary N) is 1. The molecule has 8 heteroatoms. The van der Waals surface area contributed by atoms with E-state index in [1.807, 2.05) is 35.2 Å². The molecule has 0 aromatic heterocycles. The number of hydrogen-bond donors (Lipinski definition) is 1. The van der Waals surface area contributed by atoms with E-state index in [1.165, 1.54) is 4.31 Å². The molecule has 2 aliphatic rings. The molecule has 1 aromatic carbocycles. The van der Waals surface area contributed by atoms with Gasteiger partial charge in [0.15, 0.2) is 0 Å². The number of sulfonamides is 1. The van der Waals surface area contributed by atoms with Crippen LogP contribution in [0, 0.1) is 11.3 Å². The van der Waals surface area contributed by atoms with Crippen LogP contribution in [0.5, 0.6) is 0 Å². The summed E-state index contributed by atoms with van der Waals surface area (Å²) in [4.78, 5) is 14.9. The third kappa shape index (κ3) is 5.26. The molecule has 3 rings (SSSR count). The maximum atomic E-state index is 13.0. The molecule has 1 amide bonds. The number of nitrogens with zero attached hydrogens (tertiary/aromatic N) is 2. The zero-order valence-electron chi connectivity index (χ0n) is 16.7. The van der Waals surface area contributed by atoms with Crippen molar-refractivity contribution in [3.8, 4) is 0 Å². The van der Waals surface area contributed by atoms with Crippen LogP contribution < -0.4 is 5.73 Å². The molecule has 0 spiro atoms.